The average Bonchev–Trinajstić information content (AvgIpc) is 3.89. The quantitative estimate of drug-likeness (QED) is 0.0889. The van der Waals surface area contributed by atoms with Crippen molar-refractivity contribution in [2.75, 3.05) is 19.7 Å². The molecular formula is C41H59N6O6Si+. The van der Waals surface area contributed by atoms with E-state index in [9.17, 15) is 9.59 Å². The van der Waals surface area contributed by atoms with Crippen LogP contribution in [-0.2, 0) is 27.5 Å². The number of carbonyl (C=O) groups is 2. The van der Waals surface area contributed by atoms with Crippen molar-refractivity contribution >= 4 is 31.3 Å². The van der Waals surface area contributed by atoms with E-state index < -0.39 is 19.3 Å². The normalized spacial score (nSPS) is 18.1. The molecule has 2 aromatic heterocycles. The van der Waals surface area contributed by atoms with Crippen LogP contribution in [0.3, 0.4) is 0 Å². The van der Waals surface area contributed by atoms with Gasteiger partial charge >= 0.3 is 12.2 Å². The van der Waals surface area contributed by atoms with Gasteiger partial charge in [0.05, 0.1) is 17.9 Å². The Morgan fingerprint density at radius 3 is 2.13 bits per heavy atom. The summed E-state index contributed by atoms with van der Waals surface area (Å²) in [4.78, 5) is 41.4. The minimum absolute atomic E-state index is 0.137. The second-order valence-electron chi connectivity index (χ2n) is 17.8. The highest BCUT2D eigenvalue weighted by Crippen LogP contribution is 2.34. The first-order chi connectivity index (χ1) is 25.4. The van der Waals surface area contributed by atoms with Crippen molar-refractivity contribution < 1.29 is 33.1 Å². The number of amides is 2. The average molecular weight is 760 g/mol. The van der Waals surface area contributed by atoms with E-state index in [1.54, 1.807) is 4.90 Å². The largest absolute Gasteiger partial charge is 0.489 e. The second-order valence-corrected chi connectivity index (χ2v) is 23.4. The number of rotatable bonds is 11. The molecule has 0 aliphatic carbocycles. The van der Waals surface area contributed by atoms with Gasteiger partial charge in [-0.2, -0.15) is 0 Å². The van der Waals surface area contributed by atoms with Crippen LogP contribution >= 0.6 is 0 Å². The van der Waals surface area contributed by atoms with Gasteiger partial charge in [0.1, 0.15) is 35.4 Å². The van der Waals surface area contributed by atoms with E-state index >= 15 is 0 Å². The zero-order valence-electron chi connectivity index (χ0n) is 33.6. The Kier molecular flexibility index (Phi) is 11.5. The first-order valence-corrected chi connectivity index (χ1v) is 23.0. The van der Waals surface area contributed by atoms with Crippen LogP contribution < -0.4 is 9.30 Å². The van der Waals surface area contributed by atoms with Gasteiger partial charge in [-0.1, -0.05) is 25.7 Å². The van der Waals surface area contributed by atoms with E-state index in [2.05, 4.69) is 57.4 Å². The summed E-state index contributed by atoms with van der Waals surface area (Å²) >= 11 is 0. The van der Waals surface area contributed by atoms with Gasteiger partial charge in [0.2, 0.25) is 0 Å². The predicted octanol–water partition coefficient (Wildman–Crippen LogP) is 8.88. The number of H-pyrrole nitrogens is 2. The number of hydrogen-bond acceptors (Lipinski definition) is 7. The van der Waals surface area contributed by atoms with Crippen LogP contribution in [0.15, 0.2) is 48.7 Å². The Hall–Kier alpha value is -4.36. The summed E-state index contributed by atoms with van der Waals surface area (Å²) in [6, 6.07) is 15.0. The fourth-order valence-corrected chi connectivity index (χ4v) is 7.75. The van der Waals surface area contributed by atoms with Crippen molar-refractivity contribution in [3.8, 4) is 17.0 Å². The summed E-state index contributed by atoms with van der Waals surface area (Å²) in [5.74, 6) is 2.46. The minimum atomic E-state index is -1.26. The summed E-state index contributed by atoms with van der Waals surface area (Å²) < 4.78 is 26.2. The molecule has 13 heteroatoms. The van der Waals surface area contributed by atoms with Gasteiger partial charge in [-0.15, -0.1) is 0 Å². The van der Waals surface area contributed by atoms with E-state index in [-0.39, 0.29) is 24.3 Å². The van der Waals surface area contributed by atoms with Crippen LogP contribution in [0.25, 0.3) is 22.3 Å². The maximum Gasteiger partial charge on any atom is 0.411 e. The number of likely N-dealkylation sites (tertiary alicyclic amines) is 2. The van der Waals surface area contributed by atoms with Gasteiger partial charge in [0.15, 0.2) is 17.8 Å². The Balaban J connectivity index is 1.15. The summed E-state index contributed by atoms with van der Waals surface area (Å²) in [6.45, 7) is 21.2. The van der Waals surface area contributed by atoms with Gasteiger partial charge in [-0.3, -0.25) is 9.80 Å². The Labute approximate surface area is 320 Å². The molecule has 2 aliphatic heterocycles. The molecule has 6 rings (SSSR count). The molecule has 0 bridgehead atoms. The number of carbonyl (C=O) groups excluding carboxylic acids is 2. The number of aromatic nitrogens is 4. The molecule has 4 aromatic rings. The Bertz CT molecular complexity index is 1920. The molecule has 0 spiro atoms. The number of hydrogen-bond donors (Lipinski definition) is 2. The molecule has 2 saturated heterocycles. The molecule has 12 nitrogen and oxygen atoms in total. The molecule has 292 valence electrons. The summed E-state index contributed by atoms with van der Waals surface area (Å²) in [5, 5.41) is 0. The van der Waals surface area contributed by atoms with E-state index in [1.807, 2.05) is 76.9 Å². The van der Waals surface area contributed by atoms with Crippen LogP contribution in [0.5, 0.6) is 5.75 Å². The number of aromatic amines is 2. The van der Waals surface area contributed by atoms with Crippen molar-refractivity contribution in [2.45, 2.75) is 130 Å². The fraction of sp³-hybridized carbons (Fsp3) is 0.561. The summed E-state index contributed by atoms with van der Waals surface area (Å²) in [7, 11) is -1.26. The van der Waals surface area contributed by atoms with Crippen molar-refractivity contribution in [3.05, 3.63) is 65.9 Å². The SMILES string of the molecule is CC(C)(C)OC(=O)N1CCC[C@H]1c1ncc(-c2ccc(OCc3ccc4[nH]c([C@@H]5CCCN5C(=O)OC(C)(C)C)[n+](COCC[Si](C)(C)C)c4c3)cc2)[nH]1. The lowest BCUT2D eigenvalue weighted by Gasteiger charge is -2.27. The predicted molar refractivity (Wildman–Crippen MR) is 211 cm³/mol. The van der Waals surface area contributed by atoms with Gasteiger partial charge in [0, 0.05) is 27.8 Å². The highest BCUT2D eigenvalue weighted by molar-refractivity contribution is 6.76. The van der Waals surface area contributed by atoms with Gasteiger partial charge in [-0.05, 0) is 121 Å². The molecule has 2 atom stereocenters. The molecule has 0 unspecified atom stereocenters. The van der Waals surface area contributed by atoms with Gasteiger partial charge < -0.3 is 23.9 Å². The zero-order chi connectivity index (χ0) is 38.8. The number of ether oxygens (including phenoxy) is 4. The maximum atomic E-state index is 13.3. The van der Waals surface area contributed by atoms with Gasteiger partial charge in [0.25, 0.3) is 5.82 Å². The first kappa shape index (κ1) is 39.3. The molecular weight excluding hydrogens is 701 g/mol. The molecule has 2 aromatic carbocycles. The molecule has 2 fully saturated rings. The molecule has 0 saturated carbocycles. The lowest BCUT2D eigenvalue weighted by atomic mass is 10.1. The third kappa shape index (κ3) is 9.84. The highest BCUT2D eigenvalue weighted by Gasteiger charge is 2.40. The zero-order valence-corrected chi connectivity index (χ0v) is 34.6. The molecule has 54 heavy (non-hydrogen) atoms. The number of fused-ring (bicyclic) bond motifs is 1. The second kappa shape index (κ2) is 15.8. The van der Waals surface area contributed by atoms with Crippen LogP contribution in [0.2, 0.25) is 25.7 Å². The van der Waals surface area contributed by atoms with Crippen LogP contribution in [0, 0.1) is 0 Å². The summed E-state index contributed by atoms with van der Waals surface area (Å²) in [6.07, 6.45) is 4.72. The van der Waals surface area contributed by atoms with Gasteiger partial charge in [-0.25, -0.2) is 24.1 Å². The summed E-state index contributed by atoms with van der Waals surface area (Å²) in [5.41, 5.74) is 3.75. The van der Waals surface area contributed by atoms with Crippen molar-refractivity contribution in [2.24, 2.45) is 0 Å². The number of imidazole rings is 2. The van der Waals surface area contributed by atoms with E-state index in [0.717, 1.165) is 77.0 Å². The first-order valence-electron chi connectivity index (χ1n) is 19.3. The van der Waals surface area contributed by atoms with Crippen LogP contribution in [0.4, 0.5) is 9.59 Å². The third-order valence-electron chi connectivity index (χ3n) is 9.68. The molecule has 2 N–H and O–H groups in total. The third-order valence-corrected chi connectivity index (χ3v) is 11.4. The van der Waals surface area contributed by atoms with Crippen LogP contribution in [-0.4, -0.2) is 75.9 Å². The van der Waals surface area contributed by atoms with Crippen LogP contribution in [0.1, 0.15) is 96.5 Å². The molecule has 2 aliphatic rings. The minimum Gasteiger partial charge on any atom is -0.489 e. The monoisotopic (exact) mass is 759 g/mol. The van der Waals surface area contributed by atoms with Crippen molar-refractivity contribution in [1.29, 1.82) is 0 Å². The lowest BCUT2D eigenvalue weighted by Crippen LogP contribution is -2.44. The Morgan fingerprint density at radius 2 is 1.50 bits per heavy atom. The number of benzene rings is 2. The van der Waals surface area contributed by atoms with E-state index in [1.165, 1.54) is 0 Å². The highest BCUT2D eigenvalue weighted by atomic mass is 28.3. The molecule has 0 radical (unpaired) electrons. The Morgan fingerprint density at radius 1 is 0.870 bits per heavy atom. The van der Waals surface area contributed by atoms with Crippen molar-refractivity contribution in [1.82, 2.24) is 24.8 Å². The fourth-order valence-electron chi connectivity index (χ4n) is 7.00. The van der Waals surface area contributed by atoms with E-state index in [0.29, 0.717) is 33.0 Å². The molecule has 4 heterocycles. The number of nitrogens with one attached hydrogen (secondary N) is 2. The van der Waals surface area contributed by atoms with Crippen molar-refractivity contribution in [3.63, 3.8) is 0 Å². The smallest absolute Gasteiger partial charge is 0.411 e. The van der Waals surface area contributed by atoms with E-state index in [4.69, 9.17) is 18.9 Å². The standard InChI is InChI=1S/C41H58N6O6Si/c1-40(2,3)52-38(48)45-20-10-12-33(45)36-42-25-32(43-36)29-15-17-30(18-16-29)51-26-28-14-19-31-35(24-28)47(27-50-22-23-54(7,8)9)37(44-31)34-13-11-21-46(34)39(49)53-41(4,5)6/h14-19,24-25,33-34H,10-13,20-23,26-27H2,1-9H3,(H,42,43)/p+1/t33-,34-/m0/s1. The lowest BCUT2D eigenvalue weighted by molar-refractivity contribution is -0.717. The molecule has 2 amide bonds. The maximum absolute atomic E-state index is 13.3. The number of nitrogens with zero attached hydrogens (tertiary/aromatic N) is 4. The topological polar surface area (TPSA) is 126 Å².